The van der Waals surface area contributed by atoms with Crippen LogP contribution >= 0.6 is 11.6 Å². The summed E-state index contributed by atoms with van der Waals surface area (Å²) in [6, 6.07) is 4.73. The molecule has 6 nitrogen and oxygen atoms in total. The molecule has 0 radical (unpaired) electrons. The van der Waals surface area contributed by atoms with E-state index in [0.29, 0.717) is 17.1 Å². The summed E-state index contributed by atoms with van der Waals surface area (Å²) in [5, 5.41) is 15.7. The van der Waals surface area contributed by atoms with Crippen molar-refractivity contribution < 1.29 is 4.92 Å². The summed E-state index contributed by atoms with van der Waals surface area (Å²) in [4.78, 5) is 10.3. The van der Waals surface area contributed by atoms with Crippen molar-refractivity contribution in [3.8, 4) is 0 Å². The molecule has 19 heavy (non-hydrogen) atoms. The molecule has 0 aliphatic carbocycles. The maximum atomic E-state index is 10.8. The summed E-state index contributed by atoms with van der Waals surface area (Å²) < 4.78 is 1.69. The van der Waals surface area contributed by atoms with Gasteiger partial charge in [0.25, 0.3) is 5.69 Å². The predicted molar refractivity (Wildman–Crippen MR) is 73.3 cm³/mol. The molecule has 100 valence electrons. The first-order valence-electron chi connectivity index (χ1n) is 5.63. The van der Waals surface area contributed by atoms with Crippen LogP contribution in [0.1, 0.15) is 17.0 Å². The first-order chi connectivity index (χ1) is 8.91. The Morgan fingerprint density at radius 3 is 2.68 bits per heavy atom. The van der Waals surface area contributed by atoms with Crippen LogP contribution in [-0.4, -0.2) is 14.7 Å². The summed E-state index contributed by atoms with van der Waals surface area (Å²) in [5.41, 5.74) is 8.07. The maximum Gasteiger partial charge on any atom is 0.292 e. The van der Waals surface area contributed by atoms with Gasteiger partial charge in [-0.15, -0.1) is 0 Å². The van der Waals surface area contributed by atoms with E-state index in [0.717, 1.165) is 11.4 Å². The number of halogens is 1. The molecule has 1 heterocycles. The Hall–Kier alpha value is -2.08. The van der Waals surface area contributed by atoms with Crippen molar-refractivity contribution in [3.63, 3.8) is 0 Å². The van der Waals surface area contributed by atoms with Gasteiger partial charge < -0.3 is 5.73 Å². The molecule has 1 aromatic heterocycles. The predicted octanol–water partition coefficient (Wildman–Crippen LogP) is 2.69. The normalized spacial score (nSPS) is 10.7. The quantitative estimate of drug-likeness (QED) is 0.532. The minimum Gasteiger partial charge on any atom is -0.393 e. The molecule has 0 aliphatic rings. The monoisotopic (exact) mass is 280 g/mol. The second-order valence-electron chi connectivity index (χ2n) is 4.25. The molecule has 0 bridgehead atoms. The Balaban J connectivity index is 2.41. The summed E-state index contributed by atoms with van der Waals surface area (Å²) in [6.45, 7) is 4.01. The van der Waals surface area contributed by atoms with E-state index in [1.807, 2.05) is 13.8 Å². The Bertz CT molecular complexity index is 651. The van der Waals surface area contributed by atoms with E-state index >= 15 is 0 Å². The van der Waals surface area contributed by atoms with E-state index < -0.39 is 4.92 Å². The SMILES string of the molecule is Cc1nn(Cc2cccc([N+](=O)[O-])c2N)c(C)c1Cl. The number of benzene rings is 1. The zero-order valence-electron chi connectivity index (χ0n) is 10.6. The molecular weight excluding hydrogens is 268 g/mol. The third-order valence-corrected chi connectivity index (χ3v) is 3.53. The standard InChI is InChI=1S/C12H13ClN4O2/c1-7-11(13)8(2)16(15-7)6-9-4-3-5-10(12(9)14)17(18)19/h3-5H,6,14H2,1-2H3. The molecule has 2 aromatic rings. The molecular formula is C12H13ClN4O2. The van der Waals surface area contributed by atoms with Crippen LogP contribution in [0.5, 0.6) is 0 Å². The third kappa shape index (κ3) is 2.39. The number of rotatable bonds is 3. The topological polar surface area (TPSA) is 87.0 Å². The summed E-state index contributed by atoms with van der Waals surface area (Å²) in [7, 11) is 0. The second-order valence-corrected chi connectivity index (χ2v) is 4.63. The van der Waals surface area contributed by atoms with Crippen LogP contribution in [-0.2, 0) is 6.54 Å². The highest BCUT2D eigenvalue weighted by Crippen LogP contribution is 2.27. The minimum atomic E-state index is -0.493. The minimum absolute atomic E-state index is 0.0925. The molecule has 0 atom stereocenters. The first kappa shape index (κ1) is 13.4. The molecule has 0 amide bonds. The Morgan fingerprint density at radius 2 is 2.16 bits per heavy atom. The Kier molecular flexibility index (Phi) is 3.44. The summed E-state index contributed by atoms with van der Waals surface area (Å²) >= 11 is 6.06. The number of para-hydroxylation sites is 1. The highest BCUT2D eigenvalue weighted by molar-refractivity contribution is 6.31. The number of aryl methyl sites for hydroxylation is 1. The van der Waals surface area contributed by atoms with Gasteiger partial charge in [0.05, 0.1) is 27.9 Å². The van der Waals surface area contributed by atoms with E-state index in [-0.39, 0.29) is 11.4 Å². The van der Waals surface area contributed by atoms with Gasteiger partial charge >= 0.3 is 0 Å². The number of anilines is 1. The number of hydrogen-bond acceptors (Lipinski definition) is 4. The average Bonchev–Trinajstić information content (AvgIpc) is 2.59. The highest BCUT2D eigenvalue weighted by atomic mass is 35.5. The molecule has 0 fully saturated rings. The van der Waals surface area contributed by atoms with Crippen LogP contribution < -0.4 is 5.73 Å². The van der Waals surface area contributed by atoms with Crippen LogP contribution in [0.4, 0.5) is 11.4 Å². The zero-order chi connectivity index (χ0) is 14.2. The van der Waals surface area contributed by atoms with E-state index in [4.69, 9.17) is 17.3 Å². The molecule has 1 aromatic carbocycles. The van der Waals surface area contributed by atoms with Gasteiger partial charge in [-0.2, -0.15) is 5.10 Å². The Labute approximate surface area is 114 Å². The van der Waals surface area contributed by atoms with Gasteiger partial charge in [0.1, 0.15) is 5.69 Å². The van der Waals surface area contributed by atoms with Crippen molar-refractivity contribution in [1.82, 2.24) is 9.78 Å². The lowest BCUT2D eigenvalue weighted by atomic mass is 10.1. The largest absolute Gasteiger partial charge is 0.393 e. The van der Waals surface area contributed by atoms with Crippen LogP contribution in [0.15, 0.2) is 18.2 Å². The molecule has 2 rings (SSSR count). The van der Waals surface area contributed by atoms with Gasteiger partial charge in [-0.3, -0.25) is 14.8 Å². The Morgan fingerprint density at radius 1 is 1.47 bits per heavy atom. The fraction of sp³-hybridized carbons (Fsp3) is 0.250. The smallest absolute Gasteiger partial charge is 0.292 e. The fourth-order valence-electron chi connectivity index (χ4n) is 1.89. The molecule has 2 N–H and O–H groups in total. The number of nitrogens with two attached hydrogens (primary N) is 1. The number of hydrogen-bond donors (Lipinski definition) is 1. The number of aromatic nitrogens is 2. The van der Waals surface area contributed by atoms with Crippen LogP contribution in [0.2, 0.25) is 5.02 Å². The van der Waals surface area contributed by atoms with Crippen molar-refractivity contribution in [2.45, 2.75) is 20.4 Å². The van der Waals surface area contributed by atoms with E-state index in [1.54, 1.807) is 16.8 Å². The average molecular weight is 281 g/mol. The summed E-state index contributed by atoms with van der Waals surface area (Å²) in [6.07, 6.45) is 0. The van der Waals surface area contributed by atoms with Gasteiger partial charge in [0.15, 0.2) is 0 Å². The van der Waals surface area contributed by atoms with Gasteiger partial charge in [-0.05, 0) is 13.8 Å². The van der Waals surface area contributed by atoms with Crippen molar-refractivity contribution in [2.75, 3.05) is 5.73 Å². The van der Waals surface area contributed by atoms with E-state index in [2.05, 4.69) is 5.10 Å². The van der Waals surface area contributed by atoms with Crippen LogP contribution in [0.25, 0.3) is 0 Å². The number of nitrogen functional groups attached to an aromatic ring is 1. The highest BCUT2D eigenvalue weighted by Gasteiger charge is 2.16. The molecule has 0 unspecified atom stereocenters. The van der Waals surface area contributed by atoms with Crippen molar-refractivity contribution in [2.24, 2.45) is 0 Å². The van der Waals surface area contributed by atoms with Gasteiger partial charge in [-0.25, -0.2) is 0 Å². The van der Waals surface area contributed by atoms with Gasteiger partial charge in [-0.1, -0.05) is 23.7 Å². The fourth-order valence-corrected chi connectivity index (χ4v) is 2.02. The first-order valence-corrected chi connectivity index (χ1v) is 6.01. The number of nitro benzene ring substituents is 1. The maximum absolute atomic E-state index is 10.8. The van der Waals surface area contributed by atoms with Crippen LogP contribution in [0, 0.1) is 24.0 Å². The van der Waals surface area contributed by atoms with Gasteiger partial charge in [0.2, 0.25) is 0 Å². The lowest BCUT2D eigenvalue weighted by molar-refractivity contribution is -0.383. The number of nitrogens with zero attached hydrogens (tertiary/aromatic N) is 3. The van der Waals surface area contributed by atoms with E-state index in [9.17, 15) is 10.1 Å². The second kappa shape index (κ2) is 4.89. The van der Waals surface area contributed by atoms with E-state index in [1.165, 1.54) is 6.07 Å². The van der Waals surface area contributed by atoms with Gasteiger partial charge in [0, 0.05) is 11.6 Å². The molecule has 7 heteroatoms. The molecule has 0 spiro atoms. The van der Waals surface area contributed by atoms with Crippen molar-refractivity contribution in [1.29, 1.82) is 0 Å². The number of nitro groups is 1. The third-order valence-electron chi connectivity index (χ3n) is 2.98. The molecule has 0 saturated heterocycles. The van der Waals surface area contributed by atoms with Crippen molar-refractivity contribution >= 4 is 23.0 Å². The molecule has 0 aliphatic heterocycles. The lowest BCUT2D eigenvalue weighted by Gasteiger charge is -2.08. The lowest BCUT2D eigenvalue weighted by Crippen LogP contribution is -2.08. The summed E-state index contributed by atoms with van der Waals surface area (Å²) in [5.74, 6) is 0. The zero-order valence-corrected chi connectivity index (χ0v) is 11.3. The van der Waals surface area contributed by atoms with Crippen LogP contribution in [0.3, 0.4) is 0 Å². The van der Waals surface area contributed by atoms with Crippen molar-refractivity contribution in [3.05, 3.63) is 50.3 Å². The molecule has 0 saturated carbocycles.